The maximum Gasteiger partial charge on any atom is 0.168 e. The Morgan fingerprint density at radius 3 is 2.76 bits per heavy atom. The summed E-state index contributed by atoms with van der Waals surface area (Å²) in [6.45, 7) is 1.86. The summed E-state index contributed by atoms with van der Waals surface area (Å²) in [5, 5.41) is 5.62. The van der Waals surface area contributed by atoms with Crippen LogP contribution in [0.5, 0.6) is 0 Å². The van der Waals surface area contributed by atoms with E-state index in [1.807, 2.05) is 31.2 Å². The number of aryl methyl sites for hydroxylation is 2. The molecule has 2 aromatic heterocycles. The van der Waals surface area contributed by atoms with Gasteiger partial charge in [0, 0.05) is 36.2 Å². The van der Waals surface area contributed by atoms with Crippen molar-refractivity contribution in [2.45, 2.75) is 13.3 Å². The number of carbonyl (C=O) groups is 1. The minimum absolute atomic E-state index is 0.0200. The van der Waals surface area contributed by atoms with Gasteiger partial charge in [0.2, 0.25) is 0 Å². The highest BCUT2D eigenvalue weighted by atomic mass is 35.5. The van der Waals surface area contributed by atoms with Gasteiger partial charge in [-0.25, -0.2) is 0 Å². The molecule has 0 aliphatic heterocycles. The summed E-state index contributed by atoms with van der Waals surface area (Å²) in [4.78, 5) is 16.9. The molecule has 3 aromatic rings. The Labute approximate surface area is 127 Å². The van der Waals surface area contributed by atoms with Crippen LogP contribution < -0.4 is 0 Å². The monoisotopic (exact) mass is 299 g/mol. The Morgan fingerprint density at radius 1 is 1.29 bits per heavy atom. The van der Waals surface area contributed by atoms with Crippen molar-refractivity contribution in [3.63, 3.8) is 0 Å². The van der Waals surface area contributed by atoms with Crippen LogP contribution in [0.1, 0.15) is 21.6 Å². The average Bonchev–Trinajstić information content (AvgIpc) is 2.73. The van der Waals surface area contributed by atoms with Gasteiger partial charge < -0.3 is 0 Å². The third kappa shape index (κ3) is 2.43. The van der Waals surface area contributed by atoms with Crippen LogP contribution in [0.15, 0.2) is 36.5 Å². The average molecular weight is 300 g/mol. The van der Waals surface area contributed by atoms with Crippen LogP contribution in [-0.4, -0.2) is 20.5 Å². The number of hydrogen-bond acceptors (Lipinski definition) is 3. The van der Waals surface area contributed by atoms with Crippen LogP contribution in [0.3, 0.4) is 0 Å². The first-order chi connectivity index (χ1) is 10.1. The zero-order valence-corrected chi connectivity index (χ0v) is 12.6. The third-order valence-electron chi connectivity index (χ3n) is 3.56. The van der Waals surface area contributed by atoms with Gasteiger partial charge in [-0.3, -0.25) is 14.5 Å². The van der Waals surface area contributed by atoms with E-state index >= 15 is 0 Å². The van der Waals surface area contributed by atoms with Crippen LogP contribution in [0, 0.1) is 6.92 Å². The second-order valence-corrected chi connectivity index (χ2v) is 5.31. The highest BCUT2D eigenvalue weighted by Crippen LogP contribution is 2.23. The summed E-state index contributed by atoms with van der Waals surface area (Å²) < 4.78 is 1.59. The summed E-state index contributed by atoms with van der Waals surface area (Å²) >= 11 is 6.20. The number of para-hydroxylation sites is 1. The summed E-state index contributed by atoms with van der Waals surface area (Å²) in [7, 11) is 1.77. The molecule has 0 aliphatic rings. The van der Waals surface area contributed by atoms with Crippen molar-refractivity contribution in [2.75, 3.05) is 0 Å². The van der Waals surface area contributed by atoms with E-state index in [0.29, 0.717) is 10.7 Å². The number of carbonyl (C=O) groups excluding carboxylic acids is 1. The molecule has 3 rings (SSSR count). The third-order valence-corrected chi connectivity index (χ3v) is 4.03. The Bertz CT molecular complexity index is 833. The zero-order valence-electron chi connectivity index (χ0n) is 11.8. The Hall–Kier alpha value is -2.20. The van der Waals surface area contributed by atoms with E-state index in [9.17, 15) is 4.79 Å². The molecular formula is C16H14ClN3O. The zero-order chi connectivity index (χ0) is 15.0. The van der Waals surface area contributed by atoms with Gasteiger partial charge in [-0.15, -0.1) is 0 Å². The van der Waals surface area contributed by atoms with Crippen LogP contribution in [0.4, 0.5) is 0 Å². The topological polar surface area (TPSA) is 47.8 Å². The van der Waals surface area contributed by atoms with Crippen molar-refractivity contribution in [2.24, 2.45) is 7.05 Å². The number of fused-ring (bicyclic) bond motifs is 1. The van der Waals surface area contributed by atoms with Crippen molar-refractivity contribution in [3.05, 3.63) is 58.5 Å². The molecule has 4 nitrogen and oxygen atoms in total. The number of Topliss-reactive ketones (excluding diaryl/α,β-unsaturated/α-hetero) is 1. The van der Waals surface area contributed by atoms with Crippen molar-refractivity contribution < 1.29 is 4.79 Å². The van der Waals surface area contributed by atoms with Crippen molar-refractivity contribution in [3.8, 4) is 0 Å². The SMILES string of the molecule is Cc1nn(C)c(Cl)c1CC(=O)c1ccnc2ccccc12. The van der Waals surface area contributed by atoms with Gasteiger partial charge in [-0.1, -0.05) is 29.8 Å². The lowest BCUT2D eigenvalue weighted by Gasteiger charge is -2.05. The van der Waals surface area contributed by atoms with Crippen LogP contribution >= 0.6 is 11.6 Å². The number of pyridine rings is 1. The molecule has 2 heterocycles. The number of nitrogens with zero attached hydrogens (tertiary/aromatic N) is 3. The van der Waals surface area contributed by atoms with Gasteiger partial charge in [-0.2, -0.15) is 5.10 Å². The standard InChI is InChI=1S/C16H14ClN3O/c1-10-13(16(17)20(2)19-10)9-15(21)12-7-8-18-14-6-4-3-5-11(12)14/h3-8H,9H2,1-2H3. The second-order valence-electron chi connectivity index (χ2n) is 4.95. The maximum absolute atomic E-state index is 12.6. The number of rotatable bonds is 3. The van der Waals surface area contributed by atoms with Gasteiger partial charge in [0.15, 0.2) is 5.78 Å². The molecule has 0 saturated carbocycles. The molecule has 0 N–H and O–H groups in total. The number of aromatic nitrogens is 3. The number of ketones is 1. The molecule has 0 unspecified atom stereocenters. The molecular weight excluding hydrogens is 286 g/mol. The minimum atomic E-state index is 0.0200. The molecule has 0 saturated heterocycles. The predicted molar refractivity (Wildman–Crippen MR) is 82.7 cm³/mol. The number of halogens is 1. The second kappa shape index (κ2) is 5.30. The van der Waals surface area contributed by atoms with Gasteiger partial charge in [0.25, 0.3) is 0 Å². The Kier molecular flexibility index (Phi) is 3.47. The van der Waals surface area contributed by atoms with E-state index in [4.69, 9.17) is 11.6 Å². The summed E-state index contributed by atoms with van der Waals surface area (Å²) in [6, 6.07) is 9.38. The van der Waals surface area contributed by atoms with Crippen LogP contribution in [-0.2, 0) is 13.5 Å². The lowest BCUT2D eigenvalue weighted by atomic mass is 10.0. The van der Waals surface area contributed by atoms with Crippen molar-refractivity contribution in [1.82, 2.24) is 14.8 Å². The first-order valence-electron chi connectivity index (χ1n) is 6.63. The van der Waals surface area contributed by atoms with Crippen LogP contribution in [0.2, 0.25) is 5.15 Å². The molecule has 0 radical (unpaired) electrons. The lowest BCUT2D eigenvalue weighted by Crippen LogP contribution is -2.05. The number of hydrogen-bond donors (Lipinski definition) is 0. The van der Waals surface area contributed by atoms with E-state index < -0.39 is 0 Å². The summed E-state index contributed by atoms with van der Waals surface area (Å²) in [6.07, 6.45) is 1.90. The minimum Gasteiger partial charge on any atom is -0.294 e. The highest BCUT2D eigenvalue weighted by Gasteiger charge is 2.17. The highest BCUT2D eigenvalue weighted by molar-refractivity contribution is 6.30. The summed E-state index contributed by atoms with van der Waals surface area (Å²) in [5.41, 5.74) is 3.05. The fourth-order valence-electron chi connectivity index (χ4n) is 2.47. The van der Waals surface area contributed by atoms with Crippen molar-refractivity contribution >= 4 is 28.3 Å². The maximum atomic E-state index is 12.6. The van der Waals surface area contributed by atoms with Crippen molar-refractivity contribution in [1.29, 1.82) is 0 Å². The number of benzene rings is 1. The molecule has 0 bridgehead atoms. The fraction of sp³-hybridized carbons (Fsp3) is 0.188. The van der Waals surface area contributed by atoms with E-state index in [1.165, 1.54) is 0 Å². The normalized spacial score (nSPS) is 11.0. The van der Waals surface area contributed by atoms with E-state index in [-0.39, 0.29) is 12.2 Å². The lowest BCUT2D eigenvalue weighted by molar-refractivity contribution is 0.0994. The molecule has 0 amide bonds. The molecule has 106 valence electrons. The van der Waals surface area contributed by atoms with Gasteiger partial charge >= 0.3 is 0 Å². The van der Waals surface area contributed by atoms with Crippen LogP contribution in [0.25, 0.3) is 10.9 Å². The van der Waals surface area contributed by atoms with E-state index in [1.54, 1.807) is 24.0 Å². The largest absolute Gasteiger partial charge is 0.294 e. The van der Waals surface area contributed by atoms with Gasteiger partial charge in [0.1, 0.15) is 5.15 Å². The molecule has 0 aliphatic carbocycles. The Balaban J connectivity index is 2.02. The quantitative estimate of drug-likeness (QED) is 0.697. The molecule has 0 atom stereocenters. The molecule has 21 heavy (non-hydrogen) atoms. The first-order valence-corrected chi connectivity index (χ1v) is 7.00. The van der Waals surface area contributed by atoms with E-state index in [2.05, 4.69) is 10.1 Å². The predicted octanol–water partition coefficient (Wildman–Crippen LogP) is 3.36. The molecule has 1 aromatic carbocycles. The molecule has 0 fully saturated rings. The summed E-state index contributed by atoms with van der Waals surface area (Å²) in [5.74, 6) is 0.0200. The molecule has 0 spiro atoms. The van der Waals surface area contributed by atoms with Gasteiger partial charge in [0.05, 0.1) is 11.2 Å². The Morgan fingerprint density at radius 2 is 2.05 bits per heavy atom. The smallest absolute Gasteiger partial charge is 0.168 e. The van der Waals surface area contributed by atoms with E-state index in [0.717, 1.165) is 22.2 Å². The molecule has 5 heteroatoms. The fourth-order valence-corrected chi connectivity index (χ4v) is 2.71. The first kappa shape index (κ1) is 13.8. The van der Waals surface area contributed by atoms with Gasteiger partial charge in [-0.05, 0) is 19.1 Å².